The summed E-state index contributed by atoms with van der Waals surface area (Å²) in [5.74, 6) is 0.250. The number of pyridine rings is 1. The number of aryl methyl sites for hydroxylation is 1. The zero-order chi connectivity index (χ0) is 20.6. The minimum Gasteiger partial charge on any atom is -0.497 e. The topological polar surface area (TPSA) is 89.9 Å². The van der Waals surface area contributed by atoms with E-state index in [0.717, 1.165) is 11.3 Å². The van der Waals surface area contributed by atoms with E-state index in [9.17, 15) is 9.59 Å². The summed E-state index contributed by atoms with van der Waals surface area (Å²) in [6, 6.07) is 16.8. The quantitative estimate of drug-likeness (QED) is 0.302. The number of hydrogen-bond acceptors (Lipinski definition) is 6. The predicted octanol–water partition coefficient (Wildman–Crippen LogP) is 3.38. The zero-order valence-corrected chi connectivity index (χ0v) is 16.0. The van der Waals surface area contributed by atoms with Crippen molar-refractivity contribution >= 4 is 18.1 Å². The first-order valence-corrected chi connectivity index (χ1v) is 8.77. The van der Waals surface area contributed by atoms with Gasteiger partial charge in [0.05, 0.1) is 24.5 Å². The number of carbonyl (C=O) groups is 2. The monoisotopic (exact) mass is 389 g/mol. The van der Waals surface area contributed by atoms with Crippen LogP contribution in [0.5, 0.6) is 11.5 Å². The lowest BCUT2D eigenvalue weighted by Gasteiger charge is -2.05. The summed E-state index contributed by atoms with van der Waals surface area (Å²) in [7, 11) is 1.56. The van der Waals surface area contributed by atoms with Gasteiger partial charge in [0, 0.05) is 11.9 Å². The predicted molar refractivity (Wildman–Crippen MR) is 108 cm³/mol. The summed E-state index contributed by atoms with van der Waals surface area (Å²) in [5, 5.41) is 3.92. The Balaban J connectivity index is 1.55. The second-order valence-electron chi connectivity index (χ2n) is 6.07. The zero-order valence-electron chi connectivity index (χ0n) is 16.0. The molecule has 0 atom stereocenters. The number of hydrazone groups is 1. The van der Waals surface area contributed by atoms with Gasteiger partial charge in [-0.15, -0.1) is 0 Å². The smallest absolute Gasteiger partial charge is 0.343 e. The van der Waals surface area contributed by atoms with Gasteiger partial charge in [0.1, 0.15) is 11.5 Å². The fraction of sp³-hybridized carbons (Fsp3) is 0.0909. The third-order valence-corrected chi connectivity index (χ3v) is 3.97. The highest BCUT2D eigenvalue weighted by Gasteiger charge is 2.08. The normalized spacial score (nSPS) is 10.6. The van der Waals surface area contributed by atoms with E-state index in [1.807, 2.05) is 6.92 Å². The average Bonchev–Trinajstić information content (AvgIpc) is 2.75. The van der Waals surface area contributed by atoms with Crippen molar-refractivity contribution in [2.45, 2.75) is 6.92 Å². The highest BCUT2D eigenvalue weighted by atomic mass is 16.5. The molecule has 0 aliphatic rings. The van der Waals surface area contributed by atoms with Crippen LogP contribution in [0, 0.1) is 6.92 Å². The van der Waals surface area contributed by atoms with E-state index in [-0.39, 0.29) is 5.91 Å². The van der Waals surface area contributed by atoms with Crippen LogP contribution in [-0.2, 0) is 0 Å². The lowest BCUT2D eigenvalue weighted by Crippen LogP contribution is -2.17. The maximum Gasteiger partial charge on any atom is 0.343 e. The second kappa shape index (κ2) is 9.27. The number of aromatic nitrogens is 1. The third kappa shape index (κ3) is 5.49. The molecule has 3 aromatic rings. The molecule has 0 saturated heterocycles. The molecule has 1 aromatic heterocycles. The van der Waals surface area contributed by atoms with Crippen molar-refractivity contribution in [1.82, 2.24) is 10.4 Å². The number of carbonyl (C=O) groups excluding carboxylic acids is 2. The van der Waals surface area contributed by atoms with Crippen LogP contribution in [0.1, 0.15) is 32.0 Å². The van der Waals surface area contributed by atoms with Crippen molar-refractivity contribution in [1.29, 1.82) is 0 Å². The largest absolute Gasteiger partial charge is 0.497 e. The van der Waals surface area contributed by atoms with Crippen LogP contribution >= 0.6 is 0 Å². The highest BCUT2D eigenvalue weighted by molar-refractivity contribution is 5.94. The van der Waals surface area contributed by atoms with E-state index in [0.29, 0.717) is 22.6 Å². The molecule has 0 unspecified atom stereocenters. The number of esters is 1. The van der Waals surface area contributed by atoms with Crippen molar-refractivity contribution in [2.75, 3.05) is 7.11 Å². The number of methoxy groups -OCH3 is 1. The number of amides is 1. The summed E-state index contributed by atoms with van der Waals surface area (Å²) >= 11 is 0. The van der Waals surface area contributed by atoms with Gasteiger partial charge in [0.25, 0.3) is 5.91 Å². The molecule has 2 aromatic carbocycles. The molecule has 1 heterocycles. The van der Waals surface area contributed by atoms with E-state index < -0.39 is 5.97 Å². The molecule has 146 valence electrons. The van der Waals surface area contributed by atoms with Crippen LogP contribution in [0.2, 0.25) is 0 Å². The van der Waals surface area contributed by atoms with Gasteiger partial charge in [-0.2, -0.15) is 5.10 Å². The van der Waals surface area contributed by atoms with Gasteiger partial charge in [-0.3, -0.25) is 9.78 Å². The maximum absolute atomic E-state index is 12.2. The Bertz CT molecular complexity index is 1010. The van der Waals surface area contributed by atoms with Crippen molar-refractivity contribution < 1.29 is 19.1 Å². The summed E-state index contributed by atoms with van der Waals surface area (Å²) in [6.45, 7) is 1.85. The number of ether oxygens (including phenoxy) is 2. The standard InChI is InChI=1S/C22H19N3O4/c1-15-3-6-18(14-23-15)21(26)25-24-13-16-4-9-20(10-5-16)29-22(27)17-7-11-19(28-2)12-8-17/h3-14H,1-2H3,(H,25,26)/b24-13+. The number of hydrogen-bond donors (Lipinski definition) is 1. The van der Waals surface area contributed by atoms with Crippen LogP contribution in [0.25, 0.3) is 0 Å². The van der Waals surface area contributed by atoms with Crippen LogP contribution in [0.15, 0.2) is 72.0 Å². The summed E-state index contributed by atoms with van der Waals surface area (Å²) in [4.78, 5) is 28.2. The molecule has 0 aliphatic heterocycles. The number of nitrogens with one attached hydrogen (secondary N) is 1. The fourth-order valence-corrected chi connectivity index (χ4v) is 2.35. The van der Waals surface area contributed by atoms with Crippen LogP contribution in [0.4, 0.5) is 0 Å². The van der Waals surface area contributed by atoms with E-state index >= 15 is 0 Å². The molecular weight excluding hydrogens is 370 g/mol. The Morgan fingerprint density at radius 2 is 1.59 bits per heavy atom. The molecule has 29 heavy (non-hydrogen) atoms. The molecule has 0 saturated carbocycles. The van der Waals surface area contributed by atoms with Gasteiger partial charge in [0.2, 0.25) is 0 Å². The lowest BCUT2D eigenvalue weighted by atomic mass is 10.2. The summed E-state index contributed by atoms with van der Waals surface area (Å²) < 4.78 is 10.4. The molecule has 0 fully saturated rings. The Hall–Kier alpha value is -4.00. The van der Waals surface area contributed by atoms with Gasteiger partial charge in [0.15, 0.2) is 0 Å². The van der Waals surface area contributed by atoms with Crippen LogP contribution in [-0.4, -0.2) is 30.2 Å². The molecule has 0 spiro atoms. The van der Waals surface area contributed by atoms with E-state index in [1.165, 1.54) is 12.4 Å². The summed E-state index contributed by atoms with van der Waals surface area (Å²) in [6.07, 6.45) is 2.99. The van der Waals surface area contributed by atoms with Gasteiger partial charge in [-0.1, -0.05) is 0 Å². The average molecular weight is 389 g/mol. The first-order chi connectivity index (χ1) is 14.0. The molecule has 7 heteroatoms. The van der Waals surface area contributed by atoms with Crippen LogP contribution < -0.4 is 14.9 Å². The van der Waals surface area contributed by atoms with E-state index in [4.69, 9.17) is 9.47 Å². The molecule has 1 N–H and O–H groups in total. The molecule has 7 nitrogen and oxygen atoms in total. The van der Waals surface area contributed by atoms with Gasteiger partial charge in [-0.05, 0) is 73.2 Å². The Morgan fingerprint density at radius 3 is 2.21 bits per heavy atom. The molecule has 0 bridgehead atoms. The van der Waals surface area contributed by atoms with Gasteiger partial charge in [-0.25, -0.2) is 10.2 Å². The number of benzene rings is 2. The second-order valence-corrected chi connectivity index (χ2v) is 6.07. The Morgan fingerprint density at radius 1 is 0.931 bits per heavy atom. The number of rotatable bonds is 6. The number of nitrogens with zero attached hydrogens (tertiary/aromatic N) is 2. The maximum atomic E-state index is 12.2. The minimum absolute atomic E-state index is 0.348. The van der Waals surface area contributed by atoms with Crippen LogP contribution in [0.3, 0.4) is 0 Å². The molecule has 0 aliphatic carbocycles. The first-order valence-electron chi connectivity index (χ1n) is 8.77. The van der Waals surface area contributed by atoms with Gasteiger partial charge < -0.3 is 9.47 Å². The molecule has 1 amide bonds. The van der Waals surface area contributed by atoms with Gasteiger partial charge >= 0.3 is 5.97 Å². The molecule has 3 rings (SSSR count). The first kappa shape index (κ1) is 19.8. The van der Waals surface area contributed by atoms with Crippen molar-refractivity contribution in [3.05, 3.63) is 89.2 Å². The third-order valence-electron chi connectivity index (χ3n) is 3.97. The lowest BCUT2D eigenvalue weighted by molar-refractivity contribution is 0.0734. The Kier molecular flexibility index (Phi) is 6.32. The molecular formula is C22H19N3O4. The van der Waals surface area contributed by atoms with Crippen molar-refractivity contribution in [3.63, 3.8) is 0 Å². The van der Waals surface area contributed by atoms with Crippen molar-refractivity contribution in [3.8, 4) is 11.5 Å². The minimum atomic E-state index is -0.465. The van der Waals surface area contributed by atoms with Crippen molar-refractivity contribution in [2.24, 2.45) is 5.10 Å². The van der Waals surface area contributed by atoms with E-state index in [1.54, 1.807) is 67.8 Å². The van der Waals surface area contributed by atoms with E-state index in [2.05, 4.69) is 15.5 Å². The highest BCUT2D eigenvalue weighted by Crippen LogP contribution is 2.16. The summed E-state index contributed by atoms with van der Waals surface area (Å²) in [5.41, 5.74) is 4.85. The SMILES string of the molecule is COc1ccc(C(=O)Oc2ccc(/C=N/NC(=O)c3ccc(C)nc3)cc2)cc1. The molecule has 0 radical (unpaired) electrons. The fourth-order valence-electron chi connectivity index (χ4n) is 2.35. The Labute approximate surface area is 168 Å².